The molecule has 0 saturated heterocycles. The van der Waals surface area contributed by atoms with Gasteiger partial charge in [0.15, 0.2) is 0 Å². The van der Waals surface area contributed by atoms with E-state index in [9.17, 15) is 0 Å². The minimum Gasteiger partial charge on any atom is -0.359 e. The van der Waals surface area contributed by atoms with Gasteiger partial charge in [0.1, 0.15) is 0 Å². The lowest BCUT2D eigenvalue weighted by Gasteiger charge is -2.42. The summed E-state index contributed by atoms with van der Waals surface area (Å²) in [7, 11) is -0.385. The van der Waals surface area contributed by atoms with Crippen molar-refractivity contribution in [1.82, 2.24) is 5.32 Å². The van der Waals surface area contributed by atoms with Gasteiger partial charge in [0, 0.05) is 17.6 Å². The SMILES string of the molecule is CC(C)(C)P(C=C1C=CC=C(CP(C(C)(C)C)C(C)(C)C)N1)C(C)(C)C. The van der Waals surface area contributed by atoms with E-state index in [0.717, 1.165) is 6.16 Å². The highest BCUT2D eigenvalue weighted by molar-refractivity contribution is 7.64. The van der Waals surface area contributed by atoms with E-state index in [1.807, 2.05) is 0 Å². The molecular weight excluding hydrogens is 352 g/mol. The number of hydrogen-bond acceptors (Lipinski definition) is 1. The second-order valence-corrected chi connectivity index (χ2v) is 18.9. The van der Waals surface area contributed by atoms with Crippen molar-refractivity contribution < 1.29 is 0 Å². The van der Waals surface area contributed by atoms with Gasteiger partial charge in [0.25, 0.3) is 0 Å². The summed E-state index contributed by atoms with van der Waals surface area (Å²) in [4.78, 5) is 0. The molecule has 1 rings (SSSR count). The minimum absolute atomic E-state index is 0.137. The van der Waals surface area contributed by atoms with Gasteiger partial charge in [-0.3, -0.25) is 0 Å². The zero-order chi connectivity index (χ0) is 20.6. The van der Waals surface area contributed by atoms with Crippen LogP contribution < -0.4 is 5.32 Å². The van der Waals surface area contributed by atoms with Gasteiger partial charge < -0.3 is 5.32 Å². The van der Waals surface area contributed by atoms with Crippen molar-refractivity contribution in [3.05, 3.63) is 35.4 Å². The lowest BCUT2D eigenvalue weighted by Crippen LogP contribution is -2.30. The maximum absolute atomic E-state index is 3.77. The lowest BCUT2D eigenvalue weighted by molar-refractivity contribution is 0.704. The Morgan fingerprint density at radius 1 is 0.769 bits per heavy atom. The highest BCUT2D eigenvalue weighted by atomic mass is 31.1. The molecule has 0 amide bonds. The largest absolute Gasteiger partial charge is 0.359 e. The average Bonchev–Trinajstić information content (AvgIpc) is 2.37. The fourth-order valence-electron chi connectivity index (χ4n) is 3.89. The van der Waals surface area contributed by atoms with E-state index in [1.54, 1.807) is 0 Å². The maximum atomic E-state index is 3.77. The smallest absolute Gasteiger partial charge is 0.0387 e. The van der Waals surface area contributed by atoms with Gasteiger partial charge in [0.05, 0.1) is 0 Å². The van der Waals surface area contributed by atoms with Crippen LogP contribution in [0.5, 0.6) is 0 Å². The number of dihydropyridines is 1. The third kappa shape index (κ3) is 7.13. The fourth-order valence-corrected chi connectivity index (χ4v) is 10.6. The molecule has 1 nitrogen and oxygen atoms in total. The molecule has 0 atom stereocenters. The van der Waals surface area contributed by atoms with Gasteiger partial charge in [-0.25, -0.2) is 0 Å². The average molecular weight is 396 g/mol. The van der Waals surface area contributed by atoms with Crippen LogP contribution in [0.3, 0.4) is 0 Å². The number of nitrogens with one attached hydrogen (secondary N) is 1. The molecule has 0 radical (unpaired) electrons. The second-order valence-electron chi connectivity index (χ2n) is 11.4. The summed E-state index contributed by atoms with van der Waals surface area (Å²) in [6.07, 6.45) is 7.91. The first-order valence-corrected chi connectivity index (χ1v) is 12.8. The third-order valence-electron chi connectivity index (χ3n) is 4.54. The van der Waals surface area contributed by atoms with Gasteiger partial charge in [-0.2, -0.15) is 0 Å². The topological polar surface area (TPSA) is 12.0 Å². The normalized spacial score (nSPS) is 18.5. The van der Waals surface area contributed by atoms with Crippen LogP contribution in [-0.2, 0) is 0 Å². The molecule has 0 aromatic rings. The number of hydrogen-bond donors (Lipinski definition) is 1. The molecule has 0 aromatic carbocycles. The van der Waals surface area contributed by atoms with Crippen molar-refractivity contribution in [2.24, 2.45) is 0 Å². The Kier molecular flexibility index (Phi) is 7.44. The Morgan fingerprint density at radius 2 is 1.23 bits per heavy atom. The van der Waals surface area contributed by atoms with Crippen LogP contribution in [0, 0.1) is 0 Å². The van der Waals surface area contributed by atoms with Gasteiger partial charge in [-0.05, 0) is 38.6 Å². The third-order valence-corrected chi connectivity index (χ3v) is 11.9. The molecule has 0 aliphatic carbocycles. The summed E-state index contributed by atoms with van der Waals surface area (Å²) < 4.78 is 0. The molecule has 1 heterocycles. The highest BCUT2D eigenvalue weighted by Gasteiger charge is 2.35. The van der Waals surface area contributed by atoms with Crippen molar-refractivity contribution in [3.8, 4) is 0 Å². The quantitative estimate of drug-likeness (QED) is 0.477. The van der Waals surface area contributed by atoms with E-state index in [0.29, 0.717) is 20.6 Å². The van der Waals surface area contributed by atoms with Crippen molar-refractivity contribution in [2.45, 2.75) is 104 Å². The molecule has 0 saturated carbocycles. The van der Waals surface area contributed by atoms with Crippen LogP contribution in [0.4, 0.5) is 0 Å². The van der Waals surface area contributed by atoms with Crippen molar-refractivity contribution in [2.75, 3.05) is 6.16 Å². The summed E-state index contributed by atoms with van der Waals surface area (Å²) >= 11 is 0. The molecule has 0 unspecified atom stereocenters. The molecular formula is C23H43NP2. The van der Waals surface area contributed by atoms with Gasteiger partial charge in [-0.1, -0.05) is 105 Å². The second kappa shape index (κ2) is 8.09. The zero-order valence-electron chi connectivity index (χ0n) is 19.4. The Labute approximate surface area is 166 Å². The molecule has 1 aliphatic heterocycles. The Balaban J connectivity index is 3.06. The monoisotopic (exact) mass is 395 g/mol. The number of rotatable bonds is 3. The van der Waals surface area contributed by atoms with Gasteiger partial charge >= 0.3 is 0 Å². The number of allylic oxidation sites excluding steroid dienone is 4. The first-order valence-electron chi connectivity index (χ1n) is 9.86. The summed E-state index contributed by atoms with van der Waals surface area (Å²) in [5.41, 5.74) is 2.67. The molecule has 0 spiro atoms. The predicted octanol–water partition coefficient (Wildman–Crippen LogP) is 8.03. The lowest BCUT2D eigenvalue weighted by atomic mass is 10.2. The first kappa shape index (κ1) is 23.9. The summed E-state index contributed by atoms with van der Waals surface area (Å²) in [6, 6.07) is 0. The van der Waals surface area contributed by atoms with Crippen LogP contribution in [0.15, 0.2) is 35.4 Å². The standard InChI is InChI=1S/C23H43NP2/c1-20(2,3)25(21(4,5)6)16-18-14-13-15-19(24-18)17-26(22(7,8)9)23(10,11)12/h13-16,24H,17H2,1-12H3. The molecule has 1 aliphatic rings. The molecule has 0 aromatic heterocycles. The van der Waals surface area contributed by atoms with Gasteiger partial charge in [-0.15, -0.1) is 0 Å². The molecule has 26 heavy (non-hydrogen) atoms. The van der Waals surface area contributed by atoms with Crippen LogP contribution in [0.1, 0.15) is 83.1 Å². The van der Waals surface area contributed by atoms with Crippen LogP contribution >= 0.6 is 15.8 Å². The van der Waals surface area contributed by atoms with E-state index >= 15 is 0 Å². The fraction of sp³-hybridized carbons (Fsp3) is 0.739. The molecule has 3 heteroatoms. The minimum atomic E-state index is -0.248. The molecule has 1 N–H and O–H groups in total. The van der Waals surface area contributed by atoms with E-state index in [4.69, 9.17) is 0 Å². The van der Waals surface area contributed by atoms with Gasteiger partial charge in [0.2, 0.25) is 0 Å². The van der Waals surface area contributed by atoms with E-state index in [2.05, 4.69) is 112 Å². The Morgan fingerprint density at radius 3 is 1.62 bits per heavy atom. The Bertz CT molecular complexity index is 541. The van der Waals surface area contributed by atoms with Crippen molar-refractivity contribution in [1.29, 1.82) is 0 Å². The van der Waals surface area contributed by atoms with E-state index < -0.39 is 0 Å². The van der Waals surface area contributed by atoms with Crippen LogP contribution in [0.2, 0.25) is 0 Å². The maximum Gasteiger partial charge on any atom is 0.0387 e. The van der Waals surface area contributed by atoms with Crippen LogP contribution in [-0.4, -0.2) is 26.8 Å². The zero-order valence-corrected chi connectivity index (χ0v) is 21.2. The van der Waals surface area contributed by atoms with E-state index in [-0.39, 0.29) is 15.8 Å². The highest BCUT2D eigenvalue weighted by Crippen LogP contribution is 2.61. The van der Waals surface area contributed by atoms with Crippen molar-refractivity contribution >= 4 is 15.8 Å². The molecule has 150 valence electrons. The van der Waals surface area contributed by atoms with E-state index in [1.165, 1.54) is 11.4 Å². The summed E-state index contributed by atoms with van der Waals surface area (Å²) in [6.45, 7) is 28.7. The summed E-state index contributed by atoms with van der Waals surface area (Å²) in [5, 5.41) is 5.09. The Hall–Kier alpha value is -0.120. The first-order chi connectivity index (χ1) is 11.4. The predicted molar refractivity (Wildman–Crippen MR) is 126 cm³/mol. The van der Waals surface area contributed by atoms with Crippen molar-refractivity contribution in [3.63, 3.8) is 0 Å². The summed E-state index contributed by atoms with van der Waals surface area (Å²) in [5.74, 6) is 2.52. The molecule has 0 bridgehead atoms. The molecule has 0 fully saturated rings. The van der Waals surface area contributed by atoms with Crippen LogP contribution in [0.25, 0.3) is 0 Å².